The van der Waals surface area contributed by atoms with E-state index >= 15 is 0 Å². The van der Waals surface area contributed by atoms with E-state index in [1.807, 2.05) is 6.92 Å². The van der Waals surface area contributed by atoms with Crippen LogP contribution in [0.25, 0.3) is 0 Å². The number of carbonyl (C=O) groups is 1. The zero-order chi connectivity index (χ0) is 16.3. The van der Waals surface area contributed by atoms with Gasteiger partial charge in [0.2, 0.25) is 10.0 Å². The van der Waals surface area contributed by atoms with Crippen molar-refractivity contribution in [3.05, 3.63) is 29.8 Å². The molecule has 1 aromatic rings. The molecular formula is C14H20N2O4S2. The molecule has 22 heavy (non-hydrogen) atoms. The van der Waals surface area contributed by atoms with Gasteiger partial charge in [-0.15, -0.1) is 0 Å². The molecule has 0 aromatic heterocycles. The van der Waals surface area contributed by atoms with E-state index in [0.29, 0.717) is 0 Å². The molecule has 122 valence electrons. The second-order valence-electron chi connectivity index (χ2n) is 5.32. The summed E-state index contributed by atoms with van der Waals surface area (Å²) in [4.78, 5) is 13.1. The van der Waals surface area contributed by atoms with Gasteiger partial charge < -0.3 is 5.11 Å². The van der Waals surface area contributed by atoms with Crippen LogP contribution in [0.4, 0.5) is 0 Å². The Balaban J connectivity index is 2.14. The summed E-state index contributed by atoms with van der Waals surface area (Å²) in [5.41, 5.74) is -0.221. The van der Waals surface area contributed by atoms with Crippen LogP contribution >= 0.6 is 12.6 Å². The first-order chi connectivity index (χ1) is 10.3. The number of nitrogens with zero attached hydrogens (tertiary/aromatic N) is 1. The molecule has 0 bridgehead atoms. The number of thiol groups is 1. The molecule has 8 heteroatoms. The summed E-state index contributed by atoms with van der Waals surface area (Å²) < 4.78 is 27.3. The maximum Gasteiger partial charge on any atom is 0.337 e. The van der Waals surface area contributed by atoms with Crippen LogP contribution in [0.5, 0.6) is 0 Å². The van der Waals surface area contributed by atoms with Crippen molar-refractivity contribution in [2.45, 2.75) is 36.1 Å². The van der Waals surface area contributed by atoms with Gasteiger partial charge in [-0.05, 0) is 38.4 Å². The predicted octanol–water partition coefficient (Wildman–Crippen LogP) is 1.40. The van der Waals surface area contributed by atoms with Crippen molar-refractivity contribution >= 4 is 28.6 Å². The number of aromatic carboxylic acids is 1. The van der Waals surface area contributed by atoms with E-state index in [1.54, 1.807) is 0 Å². The minimum atomic E-state index is -3.85. The minimum Gasteiger partial charge on any atom is -0.478 e. The fourth-order valence-electron chi connectivity index (χ4n) is 2.73. The molecule has 1 unspecified atom stereocenters. The summed E-state index contributed by atoms with van der Waals surface area (Å²) in [5, 5.41) is 9.17. The Morgan fingerprint density at radius 1 is 1.50 bits per heavy atom. The van der Waals surface area contributed by atoms with Crippen molar-refractivity contribution in [1.29, 1.82) is 0 Å². The van der Waals surface area contributed by atoms with Gasteiger partial charge in [0.1, 0.15) is 0 Å². The van der Waals surface area contributed by atoms with Gasteiger partial charge in [0.25, 0.3) is 0 Å². The highest BCUT2D eigenvalue weighted by atomic mass is 32.2. The number of carboxylic acids is 1. The van der Waals surface area contributed by atoms with E-state index in [4.69, 9.17) is 5.11 Å². The number of hydrogen-bond donors (Lipinski definition) is 3. The third-order valence-electron chi connectivity index (χ3n) is 3.82. The van der Waals surface area contributed by atoms with Crippen LogP contribution in [0, 0.1) is 0 Å². The van der Waals surface area contributed by atoms with Crippen LogP contribution in [0.2, 0.25) is 0 Å². The molecule has 1 fully saturated rings. The quantitative estimate of drug-likeness (QED) is 0.679. The summed E-state index contributed by atoms with van der Waals surface area (Å²) in [5.74, 6) is -1.26. The lowest BCUT2D eigenvalue weighted by atomic mass is 10.2. The standard InChI is InChI=1S/C14H20N2O4S2/c1-10(21)16-8-4-5-11(16)9-15-22(19,20)13-7-3-2-6-12(13)14(17)18/h2-3,6-7,10-11,15,21H,4-5,8-9H2,1H3,(H,17,18)/t10?,11-/m0/s1. The smallest absolute Gasteiger partial charge is 0.337 e. The summed E-state index contributed by atoms with van der Waals surface area (Å²) in [6.45, 7) is 3.10. The van der Waals surface area contributed by atoms with E-state index in [2.05, 4.69) is 22.3 Å². The number of hydrogen-bond acceptors (Lipinski definition) is 5. The van der Waals surface area contributed by atoms with Crippen molar-refractivity contribution in [2.75, 3.05) is 13.1 Å². The highest BCUT2D eigenvalue weighted by Crippen LogP contribution is 2.22. The van der Waals surface area contributed by atoms with Gasteiger partial charge in [0.15, 0.2) is 0 Å². The molecule has 2 rings (SSSR count). The zero-order valence-electron chi connectivity index (χ0n) is 12.3. The van der Waals surface area contributed by atoms with E-state index in [1.165, 1.54) is 24.3 Å². The third kappa shape index (κ3) is 3.81. The maximum absolute atomic E-state index is 12.4. The average molecular weight is 344 g/mol. The third-order valence-corrected chi connectivity index (χ3v) is 5.60. The van der Waals surface area contributed by atoms with Gasteiger partial charge in [0, 0.05) is 12.6 Å². The van der Waals surface area contributed by atoms with Gasteiger partial charge in [-0.25, -0.2) is 17.9 Å². The summed E-state index contributed by atoms with van der Waals surface area (Å²) >= 11 is 4.40. The van der Waals surface area contributed by atoms with Gasteiger partial charge in [-0.1, -0.05) is 12.1 Å². The van der Waals surface area contributed by atoms with Crippen LogP contribution in [0.15, 0.2) is 29.2 Å². The number of carboxylic acid groups (broad SMARTS) is 1. The number of rotatable bonds is 6. The molecule has 1 saturated heterocycles. The van der Waals surface area contributed by atoms with Crippen LogP contribution < -0.4 is 4.72 Å². The molecule has 0 amide bonds. The second kappa shape index (κ2) is 6.99. The van der Waals surface area contributed by atoms with Crippen LogP contribution in [-0.2, 0) is 10.0 Å². The first kappa shape index (κ1) is 17.3. The zero-order valence-corrected chi connectivity index (χ0v) is 14.0. The van der Waals surface area contributed by atoms with Crippen LogP contribution in [0.3, 0.4) is 0 Å². The Kier molecular flexibility index (Phi) is 5.49. The molecule has 2 N–H and O–H groups in total. The molecule has 1 aliphatic rings. The highest BCUT2D eigenvalue weighted by Gasteiger charge is 2.29. The molecule has 1 aliphatic heterocycles. The van der Waals surface area contributed by atoms with Crippen molar-refractivity contribution < 1.29 is 18.3 Å². The highest BCUT2D eigenvalue weighted by molar-refractivity contribution is 7.89. The topological polar surface area (TPSA) is 86.7 Å². The lowest BCUT2D eigenvalue weighted by molar-refractivity contribution is 0.0692. The Labute approximate surface area is 136 Å². The lowest BCUT2D eigenvalue weighted by Gasteiger charge is -2.27. The molecule has 0 radical (unpaired) electrons. The Morgan fingerprint density at radius 3 is 2.82 bits per heavy atom. The summed E-state index contributed by atoms with van der Waals surface area (Å²) in [7, 11) is -3.85. The van der Waals surface area contributed by atoms with Crippen LogP contribution in [0.1, 0.15) is 30.1 Å². The summed E-state index contributed by atoms with van der Waals surface area (Å²) in [6.07, 6.45) is 1.90. The Hall–Kier alpha value is -1.09. The monoisotopic (exact) mass is 344 g/mol. The molecule has 0 spiro atoms. The van der Waals surface area contributed by atoms with Gasteiger partial charge in [-0.3, -0.25) is 4.90 Å². The van der Waals surface area contributed by atoms with Crippen LogP contribution in [-0.4, -0.2) is 48.9 Å². The number of benzene rings is 1. The van der Waals surface area contributed by atoms with Gasteiger partial charge >= 0.3 is 5.97 Å². The van der Waals surface area contributed by atoms with Gasteiger partial charge in [0.05, 0.1) is 15.8 Å². The summed E-state index contributed by atoms with van der Waals surface area (Å²) in [6, 6.07) is 5.69. The SMILES string of the molecule is CC(S)N1CCC[C@H]1CNS(=O)(=O)c1ccccc1C(=O)O. The van der Waals surface area contributed by atoms with E-state index < -0.39 is 16.0 Å². The van der Waals surface area contributed by atoms with Crippen molar-refractivity contribution in [1.82, 2.24) is 9.62 Å². The molecule has 1 heterocycles. The Morgan fingerprint density at radius 2 is 2.18 bits per heavy atom. The van der Waals surface area contributed by atoms with E-state index in [-0.39, 0.29) is 28.4 Å². The minimum absolute atomic E-state index is 0.0586. The predicted molar refractivity (Wildman–Crippen MR) is 86.8 cm³/mol. The molecule has 0 aliphatic carbocycles. The fraction of sp³-hybridized carbons (Fsp3) is 0.500. The van der Waals surface area contributed by atoms with Crippen molar-refractivity contribution in [3.63, 3.8) is 0 Å². The van der Waals surface area contributed by atoms with Gasteiger partial charge in [-0.2, -0.15) is 12.6 Å². The molecular weight excluding hydrogens is 324 g/mol. The molecule has 1 aromatic carbocycles. The number of sulfonamides is 1. The lowest BCUT2D eigenvalue weighted by Crippen LogP contribution is -2.42. The molecule has 2 atom stereocenters. The molecule has 6 nitrogen and oxygen atoms in total. The average Bonchev–Trinajstić information content (AvgIpc) is 2.94. The first-order valence-electron chi connectivity index (χ1n) is 7.08. The number of likely N-dealkylation sites (tertiary alicyclic amines) is 1. The largest absolute Gasteiger partial charge is 0.478 e. The normalized spacial score (nSPS) is 20.9. The fourth-order valence-corrected chi connectivity index (χ4v) is 4.30. The maximum atomic E-state index is 12.4. The van der Waals surface area contributed by atoms with E-state index in [9.17, 15) is 13.2 Å². The molecule has 0 saturated carbocycles. The van der Waals surface area contributed by atoms with Crippen molar-refractivity contribution in [3.8, 4) is 0 Å². The van der Waals surface area contributed by atoms with E-state index in [0.717, 1.165) is 19.4 Å². The first-order valence-corrected chi connectivity index (χ1v) is 9.08. The van der Waals surface area contributed by atoms with Crippen molar-refractivity contribution in [2.24, 2.45) is 0 Å². The Bertz CT molecular complexity index is 646. The number of nitrogens with one attached hydrogen (secondary N) is 1. The second-order valence-corrected chi connectivity index (χ2v) is 7.80.